The summed E-state index contributed by atoms with van der Waals surface area (Å²) in [5, 5.41) is 4.23. The number of nitrogens with one attached hydrogen (secondary N) is 1. The summed E-state index contributed by atoms with van der Waals surface area (Å²) in [6.45, 7) is 11.7. The van der Waals surface area contributed by atoms with Gasteiger partial charge in [0.15, 0.2) is 9.84 Å². The quantitative estimate of drug-likeness (QED) is 0.351. The van der Waals surface area contributed by atoms with Gasteiger partial charge in [0, 0.05) is 36.9 Å². The molecule has 230 valence electrons. The van der Waals surface area contributed by atoms with E-state index in [2.05, 4.69) is 5.32 Å². The van der Waals surface area contributed by atoms with Crippen molar-refractivity contribution in [3.05, 3.63) is 77.7 Å². The van der Waals surface area contributed by atoms with E-state index in [1.165, 1.54) is 5.41 Å². The van der Waals surface area contributed by atoms with Crippen LogP contribution >= 0.6 is 0 Å². The number of carbonyl (C=O) groups is 2. The molecule has 0 aliphatic carbocycles. The molecule has 1 N–H and O–H groups in total. The highest BCUT2D eigenvalue weighted by molar-refractivity contribution is 7.94. The third-order valence-electron chi connectivity index (χ3n) is 6.95. The first-order valence-electron chi connectivity index (χ1n) is 14.6. The lowest BCUT2D eigenvalue weighted by molar-refractivity contribution is -0.146. The van der Waals surface area contributed by atoms with Crippen LogP contribution in [-0.2, 0) is 35.3 Å². The molecule has 1 aliphatic heterocycles. The Labute approximate surface area is 251 Å². The number of ether oxygens (including phenoxy) is 2. The van der Waals surface area contributed by atoms with E-state index < -0.39 is 33.0 Å². The van der Waals surface area contributed by atoms with Crippen LogP contribution in [0.1, 0.15) is 59.4 Å². The second-order valence-corrected chi connectivity index (χ2v) is 14.2. The summed E-state index contributed by atoms with van der Waals surface area (Å²) < 4.78 is 37.6. The van der Waals surface area contributed by atoms with Crippen LogP contribution in [0.15, 0.2) is 77.0 Å². The molecule has 2 atom stereocenters. The predicted octanol–water partition coefficient (Wildman–Crippen LogP) is 4.94. The Balaban J connectivity index is 1.84. The Morgan fingerprint density at radius 2 is 1.57 bits per heavy atom. The van der Waals surface area contributed by atoms with E-state index >= 15 is 0 Å². The summed E-state index contributed by atoms with van der Waals surface area (Å²) in [6.07, 6.45) is 3.02. The van der Waals surface area contributed by atoms with E-state index in [1.54, 1.807) is 41.3 Å². The molecule has 0 unspecified atom stereocenters. The zero-order valence-corrected chi connectivity index (χ0v) is 26.4. The Kier molecular flexibility index (Phi) is 11.9. The molecule has 0 bridgehead atoms. The predicted molar refractivity (Wildman–Crippen MR) is 165 cm³/mol. The molecule has 0 aromatic heterocycles. The number of amides is 2. The molecule has 2 aromatic rings. The zero-order chi connectivity index (χ0) is 30.8. The largest absolute Gasteiger partial charge is 0.378 e. The van der Waals surface area contributed by atoms with Gasteiger partial charge in [-0.05, 0) is 71.6 Å². The SMILES string of the molecule is CC(C)(C)OC(C)(C)C[C@H](CC(=O)N1CCOCC1)C(=O)N[C@H](/C=C/S(=O)(=O)c1ccccc1)CCc1ccccc1. The minimum absolute atomic E-state index is 0.0280. The topological polar surface area (TPSA) is 102 Å². The molecular weight excluding hydrogens is 552 g/mol. The maximum atomic E-state index is 13.9. The van der Waals surface area contributed by atoms with Crippen LogP contribution in [-0.4, -0.2) is 68.7 Å². The van der Waals surface area contributed by atoms with Crippen molar-refractivity contribution in [2.75, 3.05) is 26.3 Å². The van der Waals surface area contributed by atoms with Gasteiger partial charge in [0.25, 0.3) is 0 Å². The molecule has 9 heteroatoms. The minimum Gasteiger partial charge on any atom is -0.378 e. The van der Waals surface area contributed by atoms with E-state index in [-0.39, 0.29) is 23.1 Å². The van der Waals surface area contributed by atoms with Gasteiger partial charge in [-0.25, -0.2) is 8.42 Å². The van der Waals surface area contributed by atoms with E-state index in [4.69, 9.17) is 9.47 Å². The van der Waals surface area contributed by atoms with Gasteiger partial charge in [-0.3, -0.25) is 9.59 Å². The van der Waals surface area contributed by atoms with Gasteiger partial charge in [0.1, 0.15) is 0 Å². The highest BCUT2D eigenvalue weighted by Crippen LogP contribution is 2.29. The molecule has 1 aliphatic rings. The van der Waals surface area contributed by atoms with Crippen molar-refractivity contribution in [3.63, 3.8) is 0 Å². The van der Waals surface area contributed by atoms with Gasteiger partial charge >= 0.3 is 0 Å². The van der Waals surface area contributed by atoms with Crippen molar-refractivity contribution in [3.8, 4) is 0 Å². The Morgan fingerprint density at radius 1 is 0.976 bits per heavy atom. The smallest absolute Gasteiger partial charge is 0.224 e. The summed E-state index contributed by atoms with van der Waals surface area (Å²) in [6, 6.07) is 17.5. The van der Waals surface area contributed by atoms with E-state index in [0.29, 0.717) is 45.6 Å². The zero-order valence-electron chi connectivity index (χ0n) is 25.5. The van der Waals surface area contributed by atoms with Gasteiger partial charge in [0.05, 0.1) is 29.3 Å². The van der Waals surface area contributed by atoms with Crippen molar-refractivity contribution in [2.24, 2.45) is 5.92 Å². The number of hydrogen-bond donors (Lipinski definition) is 1. The van der Waals surface area contributed by atoms with Crippen LogP contribution < -0.4 is 5.32 Å². The minimum atomic E-state index is -3.70. The average molecular weight is 599 g/mol. The van der Waals surface area contributed by atoms with Crippen LogP contribution in [0.5, 0.6) is 0 Å². The van der Waals surface area contributed by atoms with Gasteiger partial charge in [0.2, 0.25) is 11.8 Å². The number of hydrogen-bond acceptors (Lipinski definition) is 6. The van der Waals surface area contributed by atoms with Crippen molar-refractivity contribution in [1.82, 2.24) is 10.2 Å². The van der Waals surface area contributed by atoms with Crippen molar-refractivity contribution in [1.29, 1.82) is 0 Å². The fourth-order valence-corrected chi connectivity index (χ4v) is 6.34. The molecule has 1 heterocycles. The molecule has 1 fully saturated rings. The Morgan fingerprint density at radius 3 is 2.17 bits per heavy atom. The first kappa shape index (κ1) is 33.5. The van der Waals surface area contributed by atoms with Gasteiger partial charge in [-0.1, -0.05) is 54.6 Å². The molecule has 2 aromatic carbocycles. The van der Waals surface area contributed by atoms with Crippen LogP contribution in [0.3, 0.4) is 0 Å². The molecule has 42 heavy (non-hydrogen) atoms. The number of morpholine rings is 1. The van der Waals surface area contributed by atoms with Gasteiger partial charge < -0.3 is 19.7 Å². The molecule has 0 radical (unpaired) electrons. The van der Waals surface area contributed by atoms with E-state index in [9.17, 15) is 18.0 Å². The highest BCUT2D eigenvalue weighted by Gasteiger charge is 2.35. The standard InChI is InChI=1S/C33H46N2O6S/c1-32(2,3)41-33(4,5)25-27(24-30(36)35-19-21-40-22-20-35)31(37)34-28(17-16-26-12-8-6-9-13-26)18-23-42(38,39)29-14-10-7-11-15-29/h6-15,18,23,27-28H,16-17,19-22,24-25H2,1-5H3,(H,34,37)/b23-18+/t27-,28-/m0/s1. The lowest BCUT2D eigenvalue weighted by Crippen LogP contribution is -2.46. The third kappa shape index (κ3) is 11.3. The van der Waals surface area contributed by atoms with Crippen LogP contribution in [0.4, 0.5) is 0 Å². The summed E-state index contributed by atoms with van der Waals surface area (Å²) in [5.74, 6) is -1.08. The first-order chi connectivity index (χ1) is 19.7. The summed E-state index contributed by atoms with van der Waals surface area (Å²) in [4.78, 5) is 29.0. The fourth-order valence-electron chi connectivity index (χ4n) is 5.25. The maximum absolute atomic E-state index is 13.9. The monoisotopic (exact) mass is 598 g/mol. The summed E-state index contributed by atoms with van der Waals surface area (Å²) in [7, 11) is -3.70. The summed E-state index contributed by atoms with van der Waals surface area (Å²) in [5.41, 5.74) is -0.0434. The second kappa shape index (κ2) is 14.9. The fraction of sp³-hybridized carbons (Fsp3) is 0.515. The molecule has 0 saturated carbocycles. The number of aryl methyl sites for hydroxylation is 1. The first-order valence-corrected chi connectivity index (χ1v) is 16.2. The van der Waals surface area contributed by atoms with Crippen molar-refractivity contribution < 1.29 is 27.5 Å². The normalized spacial score (nSPS) is 16.3. The second-order valence-electron chi connectivity index (χ2n) is 12.4. The van der Waals surface area contributed by atoms with E-state index in [0.717, 1.165) is 5.56 Å². The number of nitrogens with zero attached hydrogens (tertiary/aromatic N) is 1. The van der Waals surface area contributed by atoms with Crippen molar-refractivity contribution in [2.45, 2.75) is 82.4 Å². The number of sulfone groups is 1. The average Bonchev–Trinajstić information content (AvgIpc) is 2.94. The van der Waals surface area contributed by atoms with Crippen LogP contribution in [0.2, 0.25) is 0 Å². The number of rotatable bonds is 13. The Bertz CT molecular complexity index is 1280. The lowest BCUT2D eigenvalue weighted by Gasteiger charge is -2.36. The molecule has 3 rings (SSSR count). The lowest BCUT2D eigenvalue weighted by atomic mass is 9.88. The summed E-state index contributed by atoms with van der Waals surface area (Å²) >= 11 is 0. The highest BCUT2D eigenvalue weighted by atomic mass is 32.2. The molecular formula is C33H46N2O6S. The number of carbonyl (C=O) groups excluding carboxylic acids is 2. The van der Waals surface area contributed by atoms with Crippen molar-refractivity contribution >= 4 is 21.7 Å². The van der Waals surface area contributed by atoms with E-state index in [1.807, 2.05) is 65.0 Å². The van der Waals surface area contributed by atoms with Gasteiger partial charge in [-0.15, -0.1) is 0 Å². The maximum Gasteiger partial charge on any atom is 0.224 e. The molecule has 1 saturated heterocycles. The van der Waals surface area contributed by atoms with Gasteiger partial charge in [-0.2, -0.15) is 0 Å². The van der Waals surface area contributed by atoms with Crippen LogP contribution in [0.25, 0.3) is 0 Å². The molecule has 8 nitrogen and oxygen atoms in total. The molecule has 0 spiro atoms. The number of benzene rings is 2. The Hall–Kier alpha value is -3.01. The third-order valence-corrected chi connectivity index (χ3v) is 8.40. The van der Waals surface area contributed by atoms with Crippen LogP contribution in [0, 0.1) is 5.92 Å². The molecule has 2 amide bonds.